The number of aryl methyl sites for hydroxylation is 1. The lowest BCUT2D eigenvalue weighted by Gasteiger charge is -1.96. The number of nitrogens with zero attached hydrogens (tertiary/aromatic N) is 6. The van der Waals surface area contributed by atoms with Crippen LogP contribution >= 0.6 is 0 Å². The molecule has 0 amide bonds. The fraction of sp³-hybridized carbons (Fsp3) is 0.0769. The molecule has 7 nitrogen and oxygen atoms in total. The van der Waals surface area contributed by atoms with Crippen LogP contribution in [0.1, 0.15) is 0 Å². The van der Waals surface area contributed by atoms with Crippen molar-refractivity contribution in [3.05, 3.63) is 43.4 Å². The highest BCUT2D eigenvalue weighted by molar-refractivity contribution is 5.65. The van der Waals surface area contributed by atoms with Crippen LogP contribution in [0, 0.1) is 0 Å². The summed E-state index contributed by atoms with van der Waals surface area (Å²) in [6.07, 6.45) is 11.0. The molecule has 0 aliphatic rings. The fourth-order valence-electron chi connectivity index (χ4n) is 2.13. The first kappa shape index (κ1) is 10.9. The van der Waals surface area contributed by atoms with E-state index in [1.165, 1.54) is 0 Å². The minimum atomic E-state index is 0.843. The number of imidazole rings is 1. The number of rotatable bonds is 2. The van der Waals surface area contributed by atoms with E-state index in [4.69, 9.17) is 0 Å². The molecule has 98 valence electrons. The molecule has 0 bridgehead atoms. The van der Waals surface area contributed by atoms with Gasteiger partial charge in [0.15, 0.2) is 0 Å². The Morgan fingerprint density at radius 3 is 2.80 bits per heavy atom. The van der Waals surface area contributed by atoms with Crippen molar-refractivity contribution < 1.29 is 0 Å². The lowest BCUT2D eigenvalue weighted by molar-refractivity contribution is 0.768. The van der Waals surface area contributed by atoms with Gasteiger partial charge in [0.1, 0.15) is 12.0 Å². The first-order valence-electron chi connectivity index (χ1n) is 6.12. The van der Waals surface area contributed by atoms with E-state index in [0.29, 0.717) is 0 Å². The molecule has 0 saturated heterocycles. The highest BCUT2D eigenvalue weighted by atomic mass is 15.2. The van der Waals surface area contributed by atoms with Gasteiger partial charge in [0, 0.05) is 42.8 Å². The Bertz CT molecular complexity index is 869. The average Bonchev–Trinajstić information content (AvgIpc) is 3.17. The van der Waals surface area contributed by atoms with Gasteiger partial charge in [-0.1, -0.05) is 0 Å². The lowest BCUT2D eigenvalue weighted by atomic mass is 10.2. The van der Waals surface area contributed by atoms with Crippen molar-refractivity contribution in [2.75, 3.05) is 0 Å². The van der Waals surface area contributed by atoms with Crippen molar-refractivity contribution in [3.63, 3.8) is 0 Å². The molecule has 0 spiro atoms. The van der Waals surface area contributed by atoms with Gasteiger partial charge >= 0.3 is 0 Å². The minimum absolute atomic E-state index is 0.843. The Morgan fingerprint density at radius 2 is 2.05 bits per heavy atom. The summed E-state index contributed by atoms with van der Waals surface area (Å²) in [7, 11) is 1.88. The second-order valence-corrected chi connectivity index (χ2v) is 4.56. The third-order valence-electron chi connectivity index (χ3n) is 3.14. The Balaban J connectivity index is 1.83. The van der Waals surface area contributed by atoms with Crippen LogP contribution in [0.15, 0.2) is 43.4 Å². The van der Waals surface area contributed by atoms with Gasteiger partial charge in [-0.15, -0.1) is 0 Å². The molecule has 0 saturated carbocycles. The van der Waals surface area contributed by atoms with Gasteiger partial charge in [-0.3, -0.25) is 14.2 Å². The van der Waals surface area contributed by atoms with E-state index >= 15 is 0 Å². The van der Waals surface area contributed by atoms with Crippen LogP contribution in [0.5, 0.6) is 0 Å². The van der Waals surface area contributed by atoms with Crippen molar-refractivity contribution in [1.29, 1.82) is 0 Å². The van der Waals surface area contributed by atoms with Crippen LogP contribution in [0.3, 0.4) is 0 Å². The van der Waals surface area contributed by atoms with Crippen LogP contribution in [-0.2, 0) is 7.05 Å². The molecular formula is C13H11N7. The SMILES string of the molecule is Cn1cc(-c2cc3nc(-c4cn[nH]c4)cn3cn2)cn1. The first-order valence-corrected chi connectivity index (χ1v) is 6.12. The largest absolute Gasteiger partial charge is 0.290 e. The number of hydrogen-bond donors (Lipinski definition) is 1. The highest BCUT2D eigenvalue weighted by Crippen LogP contribution is 2.21. The van der Waals surface area contributed by atoms with Crippen LogP contribution in [0.4, 0.5) is 0 Å². The van der Waals surface area contributed by atoms with Crippen LogP contribution in [0.2, 0.25) is 0 Å². The Morgan fingerprint density at radius 1 is 1.10 bits per heavy atom. The number of nitrogens with one attached hydrogen (secondary N) is 1. The average molecular weight is 265 g/mol. The summed E-state index contributed by atoms with van der Waals surface area (Å²) in [5.74, 6) is 0. The van der Waals surface area contributed by atoms with Crippen LogP contribution in [-0.4, -0.2) is 34.3 Å². The third kappa shape index (κ3) is 1.68. The van der Waals surface area contributed by atoms with Crippen molar-refractivity contribution in [2.24, 2.45) is 7.05 Å². The second-order valence-electron chi connectivity index (χ2n) is 4.56. The number of fused-ring (bicyclic) bond motifs is 1. The molecular weight excluding hydrogens is 254 g/mol. The summed E-state index contributed by atoms with van der Waals surface area (Å²) >= 11 is 0. The molecule has 0 unspecified atom stereocenters. The predicted molar refractivity (Wildman–Crippen MR) is 72.8 cm³/mol. The van der Waals surface area contributed by atoms with Crippen molar-refractivity contribution in [1.82, 2.24) is 34.3 Å². The minimum Gasteiger partial charge on any atom is -0.290 e. The Labute approximate surface area is 113 Å². The summed E-state index contributed by atoms with van der Waals surface area (Å²) < 4.78 is 3.64. The van der Waals surface area contributed by atoms with E-state index < -0.39 is 0 Å². The standard InChI is InChI=1S/C13H11N7/c1-19-6-10(5-17-19)11-2-13-18-12(7-20(13)8-14-11)9-3-15-16-4-9/h2-8H,1H3,(H,15,16). The van der Waals surface area contributed by atoms with Crippen LogP contribution < -0.4 is 0 Å². The molecule has 0 aromatic carbocycles. The van der Waals surface area contributed by atoms with Gasteiger partial charge in [-0.2, -0.15) is 10.2 Å². The Hall–Kier alpha value is -2.96. The molecule has 4 heterocycles. The summed E-state index contributed by atoms with van der Waals surface area (Å²) in [5, 5.41) is 10.9. The molecule has 4 aromatic rings. The van der Waals surface area contributed by atoms with Gasteiger partial charge in [0.2, 0.25) is 0 Å². The normalized spacial score (nSPS) is 11.2. The van der Waals surface area contributed by atoms with Gasteiger partial charge in [0.25, 0.3) is 0 Å². The van der Waals surface area contributed by atoms with E-state index in [1.807, 2.05) is 36.1 Å². The van der Waals surface area contributed by atoms with Gasteiger partial charge in [-0.05, 0) is 0 Å². The zero-order chi connectivity index (χ0) is 13.5. The summed E-state index contributed by atoms with van der Waals surface area (Å²) in [5.41, 5.74) is 4.49. The van der Waals surface area contributed by atoms with Crippen LogP contribution in [0.25, 0.3) is 28.2 Å². The zero-order valence-electron chi connectivity index (χ0n) is 10.7. The summed E-state index contributed by atoms with van der Waals surface area (Å²) in [4.78, 5) is 9.02. The molecule has 0 fully saturated rings. The Kier molecular flexibility index (Phi) is 2.19. The van der Waals surface area contributed by atoms with E-state index in [1.54, 1.807) is 23.4 Å². The fourth-order valence-corrected chi connectivity index (χ4v) is 2.13. The molecule has 20 heavy (non-hydrogen) atoms. The maximum Gasteiger partial charge on any atom is 0.140 e. The molecule has 0 aliphatic heterocycles. The molecule has 7 heteroatoms. The number of aromatic amines is 1. The molecule has 0 radical (unpaired) electrons. The maximum absolute atomic E-state index is 4.58. The summed E-state index contributed by atoms with van der Waals surface area (Å²) in [6, 6.07) is 1.95. The monoisotopic (exact) mass is 265 g/mol. The van der Waals surface area contributed by atoms with E-state index in [2.05, 4.69) is 25.3 Å². The number of H-pyrrole nitrogens is 1. The van der Waals surface area contributed by atoms with Crippen molar-refractivity contribution in [3.8, 4) is 22.5 Å². The van der Waals surface area contributed by atoms with Gasteiger partial charge < -0.3 is 0 Å². The maximum atomic E-state index is 4.58. The summed E-state index contributed by atoms with van der Waals surface area (Å²) in [6.45, 7) is 0. The predicted octanol–water partition coefficient (Wildman–Crippen LogP) is 1.52. The van der Waals surface area contributed by atoms with Crippen molar-refractivity contribution >= 4 is 5.65 Å². The highest BCUT2D eigenvalue weighted by Gasteiger charge is 2.08. The quantitative estimate of drug-likeness (QED) is 0.596. The molecule has 4 rings (SSSR count). The third-order valence-corrected chi connectivity index (χ3v) is 3.14. The first-order chi connectivity index (χ1) is 9.79. The smallest absolute Gasteiger partial charge is 0.140 e. The molecule has 0 atom stereocenters. The number of aromatic nitrogens is 7. The van der Waals surface area contributed by atoms with E-state index in [0.717, 1.165) is 28.2 Å². The van der Waals surface area contributed by atoms with Gasteiger partial charge in [-0.25, -0.2) is 9.97 Å². The second kappa shape index (κ2) is 4.02. The van der Waals surface area contributed by atoms with Gasteiger partial charge in [0.05, 0.1) is 23.8 Å². The molecule has 1 N–H and O–H groups in total. The molecule has 0 aliphatic carbocycles. The topological polar surface area (TPSA) is 76.7 Å². The van der Waals surface area contributed by atoms with Crippen molar-refractivity contribution in [2.45, 2.75) is 0 Å². The zero-order valence-corrected chi connectivity index (χ0v) is 10.7. The molecule has 4 aromatic heterocycles. The number of hydrogen-bond acceptors (Lipinski definition) is 4. The lowest BCUT2D eigenvalue weighted by Crippen LogP contribution is -1.88. The van der Waals surface area contributed by atoms with E-state index in [-0.39, 0.29) is 0 Å². The van der Waals surface area contributed by atoms with E-state index in [9.17, 15) is 0 Å².